The van der Waals surface area contributed by atoms with Gasteiger partial charge in [-0.15, -0.1) is 0 Å². The van der Waals surface area contributed by atoms with Gasteiger partial charge in [-0.25, -0.2) is 4.79 Å². The predicted octanol–water partition coefficient (Wildman–Crippen LogP) is 1.42. The molecule has 0 aromatic rings. The molecular weight excluding hydrogens is 182 g/mol. The van der Waals surface area contributed by atoms with Crippen molar-refractivity contribution in [3.8, 4) is 0 Å². The van der Waals surface area contributed by atoms with Crippen LogP contribution in [0.5, 0.6) is 0 Å². The van der Waals surface area contributed by atoms with Gasteiger partial charge in [0.2, 0.25) is 0 Å². The van der Waals surface area contributed by atoms with E-state index in [2.05, 4.69) is 5.32 Å². The lowest BCUT2D eigenvalue weighted by molar-refractivity contribution is 0.0502. The van der Waals surface area contributed by atoms with Crippen LogP contribution in [0.2, 0.25) is 0 Å². The fourth-order valence-electron chi connectivity index (χ4n) is 1.43. The van der Waals surface area contributed by atoms with Gasteiger partial charge >= 0.3 is 6.09 Å². The topological polar surface area (TPSA) is 58.6 Å². The first-order chi connectivity index (χ1) is 6.68. The van der Waals surface area contributed by atoms with E-state index in [1.165, 1.54) is 0 Å². The summed E-state index contributed by atoms with van der Waals surface area (Å²) in [6.45, 7) is 5.38. The Bertz CT molecular complexity index is 248. The molecule has 82 valence electrons. The molecule has 1 aliphatic carbocycles. The number of carbonyl (C=O) groups is 1. The highest BCUT2D eigenvalue weighted by molar-refractivity contribution is 5.68. The maximum atomic E-state index is 11.3. The van der Waals surface area contributed by atoms with Gasteiger partial charge in [-0.2, -0.15) is 0 Å². The van der Waals surface area contributed by atoms with Crippen LogP contribution >= 0.6 is 0 Å². The molecule has 1 saturated carbocycles. The van der Waals surface area contributed by atoms with E-state index in [-0.39, 0.29) is 12.5 Å². The summed E-state index contributed by atoms with van der Waals surface area (Å²) in [5.41, 5.74) is -0.514. The van der Waals surface area contributed by atoms with E-state index in [0.717, 1.165) is 0 Å². The molecule has 1 rings (SSSR count). The number of carbonyl (C=O) groups excluding carboxylic acids is 1. The van der Waals surface area contributed by atoms with Crippen molar-refractivity contribution in [2.75, 3.05) is 0 Å². The zero-order chi connectivity index (χ0) is 11.7. The predicted molar refractivity (Wildman–Crippen MR) is 53.0 cm³/mol. The number of aliphatic hydroxyl groups is 1. The summed E-state index contributed by atoms with van der Waals surface area (Å²) in [7, 11) is 0. The molecule has 2 N–H and O–H groups in total. The summed E-state index contributed by atoms with van der Waals surface area (Å²) in [5, 5.41) is 12.0. The standard InChI is InChI=1S/C10H19NO3/c1-10(2,3)14-9(13)11-7-4-5-8(12)6-7/h7-8,12H,4-6H2,1-3H3,(H,11,13)/t7-,8+/m1/s1/i8D. The molecule has 0 bridgehead atoms. The second-order valence-electron chi connectivity index (χ2n) is 4.65. The summed E-state index contributed by atoms with van der Waals surface area (Å²) < 4.78 is 12.5. The Hall–Kier alpha value is -0.770. The Morgan fingerprint density at radius 3 is 2.64 bits per heavy atom. The molecule has 4 nitrogen and oxygen atoms in total. The smallest absolute Gasteiger partial charge is 0.407 e. The molecule has 0 unspecified atom stereocenters. The summed E-state index contributed by atoms with van der Waals surface area (Å²) in [4.78, 5) is 11.3. The molecule has 0 aliphatic heterocycles. The van der Waals surface area contributed by atoms with Crippen LogP contribution < -0.4 is 5.32 Å². The first kappa shape index (κ1) is 9.77. The number of nitrogens with one attached hydrogen (secondary N) is 1. The zero-order valence-corrected chi connectivity index (χ0v) is 8.96. The monoisotopic (exact) mass is 202 g/mol. The molecule has 2 atom stereocenters. The van der Waals surface area contributed by atoms with Crippen LogP contribution in [0.15, 0.2) is 0 Å². The highest BCUT2D eigenvalue weighted by Gasteiger charge is 2.26. The molecule has 1 amide bonds. The number of ether oxygens (including phenoxy) is 1. The minimum Gasteiger partial charge on any atom is -0.444 e. The number of rotatable bonds is 1. The molecular formula is C10H19NO3. The van der Waals surface area contributed by atoms with Crippen molar-refractivity contribution in [1.29, 1.82) is 0 Å². The lowest BCUT2D eigenvalue weighted by Crippen LogP contribution is -2.38. The third kappa shape index (κ3) is 3.96. The highest BCUT2D eigenvalue weighted by atomic mass is 16.6. The zero-order valence-electron chi connectivity index (χ0n) is 9.96. The van der Waals surface area contributed by atoms with Gasteiger partial charge in [-0.05, 0) is 40.0 Å². The van der Waals surface area contributed by atoms with Crippen molar-refractivity contribution < 1.29 is 16.0 Å². The van der Waals surface area contributed by atoms with Gasteiger partial charge in [0.15, 0.2) is 0 Å². The minimum atomic E-state index is -1.39. The fraction of sp³-hybridized carbons (Fsp3) is 0.900. The summed E-state index contributed by atoms with van der Waals surface area (Å²) in [6, 6.07) is -0.151. The van der Waals surface area contributed by atoms with Gasteiger partial charge in [0.1, 0.15) is 5.60 Å². The Morgan fingerprint density at radius 2 is 2.21 bits per heavy atom. The summed E-state index contributed by atoms with van der Waals surface area (Å²) in [6.07, 6.45) is -0.580. The molecule has 0 heterocycles. The van der Waals surface area contributed by atoms with Crippen LogP contribution in [0.25, 0.3) is 0 Å². The van der Waals surface area contributed by atoms with Crippen molar-refractivity contribution in [1.82, 2.24) is 5.32 Å². The van der Waals surface area contributed by atoms with Crippen LogP contribution in [0.1, 0.15) is 41.4 Å². The third-order valence-corrected chi connectivity index (χ3v) is 1.98. The van der Waals surface area contributed by atoms with Gasteiger partial charge in [0, 0.05) is 6.04 Å². The van der Waals surface area contributed by atoms with Crippen LogP contribution in [-0.4, -0.2) is 28.9 Å². The van der Waals surface area contributed by atoms with Gasteiger partial charge in [0.05, 0.1) is 7.45 Å². The lowest BCUT2D eigenvalue weighted by atomic mass is 10.2. The Labute approximate surface area is 86.0 Å². The number of hydrogen-bond donors (Lipinski definition) is 2. The number of alkyl carbamates (subject to hydrolysis) is 1. The van der Waals surface area contributed by atoms with Gasteiger partial charge in [0.25, 0.3) is 0 Å². The Morgan fingerprint density at radius 1 is 1.57 bits per heavy atom. The normalized spacial score (nSPS) is 33.7. The van der Waals surface area contributed by atoms with Gasteiger partial charge < -0.3 is 15.2 Å². The van der Waals surface area contributed by atoms with E-state index in [1.807, 2.05) is 0 Å². The maximum absolute atomic E-state index is 11.3. The summed E-state index contributed by atoms with van der Waals surface area (Å²) in [5.74, 6) is 0. The van der Waals surface area contributed by atoms with E-state index >= 15 is 0 Å². The molecule has 0 aromatic heterocycles. The molecule has 1 fully saturated rings. The first-order valence-electron chi connectivity index (χ1n) is 5.40. The highest BCUT2D eigenvalue weighted by Crippen LogP contribution is 2.19. The van der Waals surface area contributed by atoms with E-state index in [1.54, 1.807) is 20.8 Å². The maximum Gasteiger partial charge on any atom is 0.407 e. The second-order valence-corrected chi connectivity index (χ2v) is 4.65. The van der Waals surface area contributed by atoms with E-state index in [4.69, 9.17) is 6.11 Å². The largest absolute Gasteiger partial charge is 0.444 e. The third-order valence-electron chi connectivity index (χ3n) is 1.98. The molecule has 0 radical (unpaired) electrons. The van der Waals surface area contributed by atoms with Crippen molar-refractivity contribution in [2.45, 2.75) is 57.8 Å². The molecule has 0 spiro atoms. The van der Waals surface area contributed by atoms with Crippen molar-refractivity contribution >= 4 is 6.09 Å². The number of hydrogen-bond acceptors (Lipinski definition) is 3. The average Bonchev–Trinajstić information content (AvgIpc) is 2.25. The van der Waals surface area contributed by atoms with Crippen LogP contribution in [0, 0.1) is 0 Å². The Balaban J connectivity index is 2.34. The van der Waals surface area contributed by atoms with E-state index in [9.17, 15) is 9.90 Å². The van der Waals surface area contributed by atoms with Crippen LogP contribution in [0.3, 0.4) is 0 Å². The molecule has 14 heavy (non-hydrogen) atoms. The number of amides is 1. The van der Waals surface area contributed by atoms with Gasteiger partial charge in [-0.1, -0.05) is 0 Å². The Kier molecular flexibility index (Phi) is 2.91. The van der Waals surface area contributed by atoms with E-state index < -0.39 is 17.8 Å². The van der Waals surface area contributed by atoms with Crippen molar-refractivity contribution in [2.24, 2.45) is 0 Å². The molecule has 0 saturated heterocycles. The van der Waals surface area contributed by atoms with Crippen molar-refractivity contribution in [3.05, 3.63) is 0 Å². The second kappa shape index (κ2) is 4.17. The molecule has 4 heteroatoms. The average molecular weight is 202 g/mol. The lowest BCUT2D eigenvalue weighted by Gasteiger charge is -2.21. The van der Waals surface area contributed by atoms with E-state index in [0.29, 0.717) is 12.8 Å². The molecule has 0 aromatic carbocycles. The minimum absolute atomic E-state index is 0.151. The first-order valence-corrected chi connectivity index (χ1v) is 4.90. The molecule has 1 aliphatic rings. The fourth-order valence-corrected chi connectivity index (χ4v) is 1.43. The van der Waals surface area contributed by atoms with Crippen LogP contribution in [0.4, 0.5) is 4.79 Å². The van der Waals surface area contributed by atoms with Gasteiger partial charge in [-0.3, -0.25) is 0 Å². The van der Waals surface area contributed by atoms with Crippen molar-refractivity contribution in [3.63, 3.8) is 0 Å². The quantitative estimate of drug-likeness (QED) is 0.676. The SMILES string of the molecule is [2H][C@]1(O)CC[C@@H](NC(=O)OC(C)(C)C)C1. The summed E-state index contributed by atoms with van der Waals surface area (Å²) >= 11 is 0. The van der Waals surface area contributed by atoms with Crippen LogP contribution in [-0.2, 0) is 4.74 Å².